The Kier molecular flexibility index (Phi) is 6.73. The average Bonchev–Trinajstić information content (AvgIpc) is 3.01. The third-order valence-corrected chi connectivity index (χ3v) is 4.38. The van der Waals surface area contributed by atoms with Crippen molar-refractivity contribution in [1.82, 2.24) is 20.5 Å². The summed E-state index contributed by atoms with van der Waals surface area (Å²) in [6.45, 7) is 6.72. The largest absolute Gasteiger partial charge is 0.356 e. The smallest absolute Gasteiger partial charge is 0.237 e. The van der Waals surface area contributed by atoms with E-state index in [2.05, 4.69) is 26.6 Å². The van der Waals surface area contributed by atoms with Gasteiger partial charge < -0.3 is 10.6 Å². The highest BCUT2D eigenvalue weighted by atomic mass is 32.1. The van der Waals surface area contributed by atoms with Crippen molar-refractivity contribution in [3.05, 3.63) is 28.2 Å². The Morgan fingerprint density at radius 2 is 2.39 bits per heavy atom. The highest BCUT2D eigenvalue weighted by molar-refractivity contribution is 7.07. The van der Waals surface area contributed by atoms with Crippen LogP contribution in [0.5, 0.6) is 0 Å². The van der Waals surface area contributed by atoms with Gasteiger partial charge in [0.1, 0.15) is 0 Å². The zero-order valence-electron chi connectivity index (χ0n) is 13.7. The van der Waals surface area contributed by atoms with Crippen LogP contribution in [0.1, 0.15) is 26.0 Å². The summed E-state index contributed by atoms with van der Waals surface area (Å²) in [4.78, 5) is 30.4. The third-order valence-electron chi connectivity index (χ3n) is 3.74. The lowest BCUT2D eigenvalue weighted by Crippen LogP contribution is -2.56. The van der Waals surface area contributed by atoms with Crippen molar-refractivity contribution in [3.63, 3.8) is 0 Å². The SMILES string of the molecule is CC(C)=CCN1CCNC(=O)C1CC(=O)NCCc1cscn1. The Morgan fingerprint density at radius 1 is 1.57 bits per heavy atom. The molecule has 23 heavy (non-hydrogen) atoms. The molecule has 1 atom stereocenters. The zero-order chi connectivity index (χ0) is 16.7. The van der Waals surface area contributed by atoms with E-state index in [0.29, 0.717) is 26.1 Å². The molecule has 1 fully saturated rings. The molecule has 2 heterocycles. The Hall–Kier alpha value is -1.73. The van der Waals surface area contributed by atoms with Crippen LogP contribution in [0.4, 0.5) is 0 Å². The fraction of sp³-hybridized carbons (Fsp3) is 0.562. The molecule has 0 radical (unpaired) electrons. The van der Waals surface area contributed by atoms with Crippen molar-refractivity contribution in [3.8, 4) is 0 Å². The molecule has 1 unspecified atom stereocenters. The van der Waals surface area contributed by atoms with Crippen molar-refractivity contribution in [1.29, 1.82) is 0 Å². The second-order valence-electron chi connectivity index (χ2n) is 5.87. The van der Waals surface area contributed by atoms with Crippen LogP contribution in [0.25, 0.3) is 0 Å². The van der Waals surface area contributed by atoms with Gasteiger partial charge in [-0.05, 0) is 13.8 Å². The lowest BCUT2D eigenvalue weighted by atomic mass is 10.1. The number of nitrogens with zero attached hydrogens (tertiary/aromatic N) is 2. The molecule has 2 amide bonds. The van der Waals surface area contributed by atoms with Gasteiger partial charge in [-0.1, -0.05) is 11.6 Å². The number of allylic oxidation sites excluding steroid dienone is 1. The van der Waals surface area contributed by atoms with E-state index in [1.807, 2.05) is 19.2 Å². The van der Waals surface area contributed by atoms with Gasteiger partial charge in [-0.25, -0.2) is 4.98 Å². The number of nitrogens with one attached hydrogen (secondary N) is 2. The van der Waals surface area contributed by atoms with Crippen molar-refractivity contribution < 1.29 is 9.59 Å². The molecule has 0 spiro atoms. The van der Waals surface area contributed by atoms with E-state index in [1.54, 1.807) is 16.8 Å². The topological polar surface area (TPSA) is 74.3 Å². The summed E-state index contributed by atoms with van der Waals surface area (Å²) >= 11 is 1.55. The number of thiazole rings is 1. The summed E-state index contributed by atoms with van der Waals surface area (Å²) in [5.74, 6) is -0.155. The summed E-state index contributed by atoms with van der Waals surface area (Å²) in [5, 5.41) is 7.70. The highest BCUT2D eigenvalue weighted by Gasteiger charge is 2.30. The van der Waals surface area contributed by atoms with Gasteiger partial charge in [0.05, 0.1) is 23.7 Å². The first-order valence-corrected chi connectivity index (χ1v) is 8.79. The van der Waals surface area contributed by atoms with Crippen LogP contribution < -0.4 is 10.6 Å². The fourth-order valence-corrected chi connectivity index (χ4v) is 3.03. The molecule has 2 N–H and O–H groups in total. The number of carbonyl (C=O) groups is 2. The molecule has 6 nitrogen and oxygen atoms in total. The van der Waals surface area contributed by atoms with E-state index < -0.39 is 6.04 Å². The minimum absolute atomic E-state index is 0.0620. The quantitative estimate of drug-likeness (QED) is 0.727. The molecular formula is C16H24N4O2S. The molecule has 1 aliphatic rings. The maximum Gasteiger partial charge on any atom is 0.237 e. The molecule has 7 heteroatoms. The van der Waals surface area contributed by atoms with E-state index in [-0.39, 0.29) is 18.2 Å². The van der Waals surface area contributed by atoms with Gasteiger partial charge in [-0.3, -0.25) is 14.5 Å². The Labute approximate surface area is 141 Å². The number of amides is 2. The third kappa shape index (κ3) is 5.76. The lowest BCUT2D eigenvalue weighted by molar-refractivity contribution is -0.133. The molecule has 0 aromatic carbocycles. The summed E-state index contributed by atoms with van der Waals surface area (Å²) < 4.78 is 0. The Bertz CT molecular complexity index is 552. The Balaban J connectivity index is 1.82. The highest BCUT2D eigenvalue weighted by Crippen LogP contribution is 2.10. The molecule has 0 bridgehead atoms. The molecule has 0 saturated carbocycles. The van der Waals surface area contributed by atoms with Gasteiger partial charge in [-0.2, -0.15) is 0 Å². The first-order valence-electron chi connectivity index (χ1n) is 7.85. The van der Waals surface area contributed by atoms with Crippen LogP contribution in [0.3, 0.4) is 0 Å². The first-order chi connectivity index (χ1) is 11.1. The minimum Gasteiger partial charge on any atom is -0.356 e. The number of hydrogen-bond acceptors (Lipinski definition) is 5. The second kappa shape index (κ2) is 8.79. The number of rotatable bonds is 7. The van der Waals surface area contributed by atoms with Crippen LogP contribution in [0, 0.1) is 0 Å². The molecule has 1 aliphatic heterocycles. The van der Waals surface area contributed by atoms with Gasteiger partial charge in [-0.15, -0.1) is 11.3 Å². The maximum atomic E-state index is 12.1. The van der Waals surface area contributed by atoms with E-state index in [4.69, 9.17) is 0 Å². The molecule has 2 rings (SSSR count). The first kappa shape index (κ1) is 17.6. The molecule has 1 aromatic rings. The minimum atomic E-state index is -0.390. The number of piperazine rings is 1. The summed E-state index contributed by atoms with van der Waals surface area (Å²) in [6, 6.07) is -0.390. The molecule has 1 aromatic heterocycles. The monoisotopic (exact) mass is 336 g/mol. The average molecular weight is 336 g/mol. The number of carbonyl (C=O) groups excluding carboxylic acids is 2. The van der Waals surface area contributed by atoms with E-state index in [1.165, 1.54) is 5.57 Å². The predicted molar refractivity (Wildman–Crippen MR) is 91.2 cm³/mol. The maximum absolute atomic E-state index is 12.1. The van der Waals surface area contributed by atoms with E-state index in [9.17, 15) is 9.59 Å². The van der Waals surface area contributed by atoms with Crippen molar-refractivity contribution in [2.75, 3.05) is 26.2 Å². The Morgan fingerprint density at radius 3 is 3.09 bits per heavy atom. The fourth-order valence-electron chi connectivity index (χ4n) is 2.44. The van der Waals surface area contributed by atoms with Gasteiger partial charge >= 0.3 is 0 Å². The zero-order valence-corrected chi connectivity index (χ0v) is 14.5. The van der Waals surface area contributed by atoms with Gasteiger partial charge in [0, 0.05) is 38.0 Å². The van der Waals surface area contributed by atoms with Crippen molar-refractivity contribution >= 4 is 23.2 Å². The van der Waals surface area contributed by atoms with Gasteiger partial charge in [0.2, 0.25) is 11.8 Å². The van der Waals surface area contributed by atoms with Crippen LogP contribution in [-0.2, 0) is 16.0 Å². The normalized spacial score (nSPS) is 18.3. The molecular weight excluding hydrogens is 312 g/mol. The lowest BCUT2D eigenvalue weighted by Gasteiger charge is -2.34. The second-order valence-corrected chi connectivity index (χ2v) is 6.59. The van der Waals surface area contributed by atoms with Gasteiger partial charge in [0.25, 0.3) is 0 Å². The molecule has 0 aliphatic carbocycles. The van der Waals surface area contributed by atoms with Gasteiger partial charge in [0.15, 0.2) is 0 Å². The van der Waals surface area contributed by atoms with E-state index in [0.717, 1.165) is 12.2 Å². The van der Waals surface area contributed by atoms with Crippen LogP contribution >= 0.6 is 11.3 Å². The molecule has 126 valence electrons. The summed E-state index contributed by atoms with van der Waals surface area (Å²) in [5.41, 5.74) is 3.98. The number of aromatic nitrogens is 1. The standard InChI is InChI=1S/C16H24N4O2S/c1-12(2)4-7-20-8-6-18-16(22)14(20)9-15(21)17-5-3-13-10-23-11-19-13/h4,10-11,14H,3,5-9H2,1-2H3,(H,17,21)(H,18,22). The van der Waals surface area contributed by atoms with E-state index >= 15 is 0 Å². The summed E-state index contributed by atoms with van der Waals surface area (Å²) in [7, 11) is 0. The number of hydrogen-bond donors (Lipinski definition) is 2. The van der Waals surface area contributed by atoms with Crippen molar-refractivity contribution in [2.24, 2.45) is 0 Å². The van der Waals surface area contributed by atoms with Crippen LogP contribution in [0.2, 0.25) is 0 Å². The van der Waals surface area contributed by atoms with Crippen molar-refractivity contribution in [2.45, 2.75) is 32.7 Å². The summed E-state index contributed by atoms with van der Waals surface area (Å²) in [6.07, 6.45) is 3.00. The van der Waals surface area contributed by atoms with Crippen LogP contribution in [-0.4, -0.2) is 53.9 Å². The predicted octanol–water partition coefficient (Wildman–Crippen LogP) is 0.958. The van der Waals surface area contributed by atoms with Crippen LogP contribution in [0.15, 0.2) is 22.5 Å². The molecule has 1 saturated heterocycles.